The van der Waals surface area contributed by atoms with Gasteiger partial charge in [-0.1, -0.05) is 56.1 Å². The second kappa shape index (κ2) is 10.6. The van der Waals surface area contributed by atoms with Crippen LogP contribution in [0.2, 0.25) is 0 Å². The first kappa shape index (κ1) is 25.7. The highest BCUT2D eigenvalue weighted by Gasteiger charge is 2.50. The lowest BCUT2D eigenvalue weighted by Gasteiger charge is -2.44. The molecule has 3 rings (SSSR count). The first-order valence-corrected chi connectivity index (χ1v) is 13.1. The summed E-state index contributed by atoms with van der Waals surface area (Å²) in [7, 11) is 0. The first-order chi connectivity index (χ1) is 15.0. The normalized spacial score (nSPS) is 37.9. The van der Waals surface area contributed by atoms with Crippen molar-refractivity contribution in [1.82, 2.24) is 0 Å². The van der Waals surface area contributed by atoms with Crippen LogP contribution in [0.1, 0.15) is 98.3 Å². The van der Waals surface area contributed by atoms with Crippen molar-refractivity contribution in [3.8, 4) is 0 Å². The summed E-state index contributed by atoms with van der Waals surface area (Å²) in [6.07, 6.45) is 17.0. The van der Waals surface area contributed by atoms with E-state index in [2.05, 4.69) is 32.6 Å². The third-order valence-electron chi connectivity index (χ3n) is 9.08. The molecule has 0 saturated heterocycles. The van der Waals surface area contributed by atoms with Gasteiger partial charge in [0.05, 0.1) is 17.8 Å². The fourth-order valence-corrected chi connectivity index (χ4v) is 7.32. The van der Waals surface area contributed by atoms with E-state index >= 15 is 0 Å². The number of rotatable bonds is 8. The standard InChI is InChI=1S/C29H48O3/c1-6-9-23-26(30)18-21(19-27(23)31)12-13-22-11-8-17-29(5)24(14-15-25(22)29)20(2)10-7-16-28(3,4)32/h6,12-13,20,23-27,30-32H,1,7-11,14-19H2,2-5H3/b21-12?,22-13+/t20-,23?,24-,25+,26-,27-,29-/m1/s1. The summed E-state index contributed by atoms with van der Waals surface area (Å²) in [5.74, 6) is 2.06. The van der Waals surface area contributed by atoms with Gasteiger partial charge in [-0.2, -0.15) is 0 Å². The molecule has 0 bridgehead atoms. The van der Waals surface area contributed by atoms with E-state index in [0.29, 0.717) is 36.5 Å². The summed E-state index contributed by atoms with van der Waals surface area (Å²) in [4.78, 5) is 0. The number of hydrogen-bond donors (Lipinski definition) is 3. The van der Waals surface area contributed by atoms with Gasteiger partial charge in [0.15, 0.2) is 0 Å². The molecule has 182 valence electrons. The van der Waals surface area contributed by atoms with Crippen LogP contribution in [-0.4, -0.2) is 33.1 Å². The maximum absolute atomic E-state index is 10.5. The molecule has 0 aliphatic heterocycles. The Kier molecular flexibility index (Phi) is 8.50. The van der Waals surface area contributed by atoms with E-state index in [1.54, 1.807) is 11.6 Å². The van der Waals surface area contributed by atoms with Crippen molar-refractivity contribution >= 4 is 0 Å². The zero-order chi connectivity index (χ0) is 23.5. The molecule has 3 saturated carbocycles. The smallest absolute Gasteiger partial charge is 0.0633 e. The minimum atomic E-state index is -0.554. The SMILES string of the molecule is C=CCC1[C@H](O)CC(=C/C=C2\CCC[C@]3(C)[C@@H]([C@H](C)CCCC(C)(C)O)CC[C@@H]23)C[C@H]1O. The minimum Gasteiger partial charge on any atom is -0.392 e. The van der Waals surface area contributed by atoms with Crippen LogP contribution >= 0.6 is 0 Å². The van der Waals surface area contributed by atoms with Crippen molar-refractivity contribution < 1.29 is 15.3 Å². The lowest BCUT2D eigenvalue weighted by atomic mass is 9.60. The van der Waals surface area contributed by atoms with Gasteiger partial charge in [0.25, 0.3) is 0 Å². The first-order valence-electron chi connectivity index (χ1n) is 13.1. The van der Waals surface area contributed by atoms with Crippen LogP contribution in [0.25, 0.3) is 0 Å². The van der Waals surface area contributed by atoms with Crippen LogP contribution in [0.15, 0.2) is 36.0 Å². The summed E-state index contributed by atoms with van der Waals surface area (Å²) in [6.45, 7) is 12.6. The third-order valence-corrected chi connectivity index (χ3v) is 9.08. The predicted octanol–water partition coefficient (Wildman–Crippen LogP) is 6.34. The number of aliphatic hydroxyl groups is 3. The topological polar surface area (TPSA) is 60.7 Å². The minimum absolute atomic E-state index is 0.0799. The molecule has 0 unspecified atom stereocenters. The van der Waals surface area contributed by atoms with Crippen molar-refractivity contribution in [3.63, 3.8) is 0 Å². The molecular weight excluding hydrogens is 396 g/mol. The Hall–Kier alpha value is -0.900. The summed E-state index contributed by atoms with van der Waals surface area (Å²) in [5, 5.41) is 31.1. The molecular formula is C29H48O3. The molecule has 0 aromatic heterocycles. The molecule has 0 aromatic carbocycles. The molecule has 3 aliphatic rings. The van der Waals surface area contributed by atoms with E-state index in [4.69, 9.17) is 0 Å². The summed E-state index contributed by atoms with van der Waals surface area (Å²) >= 11 is 0. The lowest BCUT2D eigenvalue weighted by Crippen LogP contribution is -2.37. The molecule has 3 fully saturated rings. The van der Waals surface area contributed by atoms with E-state index in [9.17, 15) is 15.3 Å². The van der Waals surface area contributed by atoms with Gasteiger partial charge >= 0.3 is 0 Å². The Labute approximate surface area is 196 Å². The van der Waals surface area contributed by atoms with Crippen molar-refractivity contribution in [2.24, 2.45) is 29.1 Å². The Balaban J connectivity index is 1.66. The van der Waals surface area contributed by atoms with Crippen molar-refractivity contribution in [3.05, 3.63) is 36.0 Å². The molecule has 3 N–H and O–H groups in total. The van der Waals surface area contributed by atoms with Crippen LogP contribution in [0.4, 0.5) is 0 Å². The zero-order valence-electron chi connectivity index (χ0n) is 21.0. The van der Waals surface area contributed by atoms with E-state index in [1.807, 2.05) is 13.8 Å². The van der Waals surface area contributed by atoms with Crippen LogP contribution in [0, 0.1) is 29.1 Å². The van der Waals surface area contributed by atoms with E-state index in [0.717, 1.165) is 18.8 Å². The van der Waals surface area contributed by atoms with Gasteiger partial charge in [-0.15, -0.1) is 6.58 Å². The molecule has 6 atom stereocenters. The highest BCUT2D eigenvalue weighted by molar-refractivity contribution is 5.26. The van der Waals surface area contributed by atoms with E-state index in [-0.39, 0.29) is 5.92 Å². The van der Waals surface area contributed by atoms with Gasteiger partial charge in [-0.25, -0.2) is 0 Å². The number of fused-ring (bicyclic) bond motifs is 1. The highest BCUT2D eigenvalue weighted by Crippen LogP contribution is 2.60. The van der Waals surface area contributed by atoms with Crippen molar-refractivity contribution in [1.29, 1.82) is 0 Å². The second-order valence-electron chi connectivity index (χ2n) is 12.1. The molecule has 0 aromatic rings. The second-order valence-corrected chi connectivity index (χ2v) is 12.1. The number of hydrogen-bond acceptors (Lipinski definition) is 3. The van der Waals surface area contributed by atoms with Crippen LogP contribution in [-0.2, 0) is 0 Å². The average molecular weight is 445 g/mol. The Bertz CT molecular complexity index is 686. The van der Waals surface area contributed by atoms with Crippen molar-refractivity contribution in [2.45, 2.75) is 116 Å². The molecule has 0 radical (unpaired) electrons. The Morgan fingerprint density at radius 3 is 2.47 bits per heavy atom. The monoisotopic (exact) mass is 444 g/mol. The predicted molar refractivity (Wildman–Crippen MR) is 133 cm³/mol. The Morgan fingerprint density at radius 2 is 1.84 bits per heavy atom. The maximum Gasteiger partial charge on any atom is 0.0633 e. The van der Waals surface area contributed by atoms with Gasteiger partial charge in [0, 0.05) is 5.92 Å². The molecule has 0 spiro atoms. The Morgan fingerprint density at radius 1 is 1.16 bits per heavy atom. The third kappa shape index (κ3) is 5.96. The number of aliphatic hydroxyl groups excluding tert-OH is 2. The molecule has 32 heavy (non-hydrogen) atoms. The van der Waals surface area contributed by atoms with Gasteiger partial charge in [0.1, 0.15) is 0 Å². The van der Waals surface area contributed by atoms with Gasteiger partial charge < -0.3 is 15.3 Å². The van der Waals surface area contributed by atoms with E-state index in [1.165, 1.54) is 44.1 Å². The molecule has 0 amide bonds. The largest absolute Gasteiger partial charge is 0.392 e. The summed E-state index contributed by atoms with van der Waals surface area (Å²) in [5.41, 5.74) is 2.61. The van der Waals surface area contributed by atoms with E-state index < -0.39 is 17.8 Å². The quantitative estimate of drug-likeness (QED) is 0.383. The number of allylic oxidation sites excluding steroid dienone is 4. The van der Waals surface area contributed by atoms with Gasteiger partial charge in [-0.05, 0) is 94.8 Å². The molecule has 3 aliphatic carbocycles. The van der Waals surface area contributed by atoms with Gasteiger partial charge in [-0.3, -0.25) is 0 Å². The fraction of sp³-hybridized carbons (Fsp3) is 0.793. The fourth-order valence-electron chi connectivity index (χ4n) is 7.32. The molecule has 3 nitrogen and oxygen atoms in total. The average Bonchev–Trinajstić information content (AvgIpc) is 3.05. The van der Waals surface area contributed by atoms with Crippen LogP contribution < -0.4 is 0 Å². The molecule has 0 heterocycles. The summed E-state index contributed by atoms with van der Waals surface area (Å²) in [6, 6.07) is 0. The maximum atomic E-state index is 10.5. The molecule has 3 heteroatoms. The highest BCUT2D eigenvalue weighted by atomic mass is 16.3. The van der Waals surface area contributed by atoms with Crippen molar-refractivity contribution in [2.75, 3.05) is 0 Å². The zero-order valence-corrected chi connectivity index (χ0v) is 21.0. The lowest BCUT2D eigenvalue weighted by molar-refractivity contribution is -0.00375. The van der Waals surface area contributed by atoms with Crippen LogP contribution in [0.3, 0.4) is 0 Å². The van der Waals surface area contributed by atoms with Crippen LogP contribution in [0.5, 0.6) is 0 Å². The summed E-state index contributed by atoms with van der Waals surface area (Å²) < 4.78 is 0. The van der Waals surface area contributed by atoms with Gasteiger partial charge in [0.2, 0.25) is 0 Å².